The summed E-state index contributed by atoms with van der Waals surface area (Å²) in [5.74, 6) is -0.851. The van der Waals surface area contributed by atoms with Gasteiger partial charge in [0.1, 0.15) is 5.82 Å². The summed E-state index contributed by atoms with van der Waals surface area (Å²) in [5, 5.41) is 0.212. The Morgan fingerprint density at radius 1 is 1.46 bits per heavy atom. The molecular weight excluding hydrogens is 375 g/mol. The van der Waals surface area contributed by atoms with Crippen LogP contribution in [0.15, 0.2) is 23.2 Å². The molecule has 1 amide bonds. The lowest BCUT2D eigenvalue weighted by Gasteiger charge is -2.24. The molecular formula is C15H16ClFN2O3S2. The lowest BCUT2D eigenvalue weighted by atomic mass is 10.2. The number of hydrogen-bond acceptors (Lipinski definition) is 4. The number of carbonyl (C=O) groups is 1. The summed E-state index contributed by atoms with van der Waals surface area (Å²) in [6.07, 6.45) is 0.998. The fraction of sp³-hybridized carbons (Fsp3) is 0.467. The first kappa shape index (κ1) is 17.7. The number of nitrogens with zero attached hydrogens (tertiary/aromatic N) is 2. The number of sulfone groups is 1. The molecule has 2 unspecified atom stereocenters. The summed E-state index contributed by atoms with van der Waals surface area (Å²) in [6, 6.07) is 3.92. The maximum absolute atomic E-state index is 13.8. The molecule has 1 aromatic carbocycles. The van der Waals surface area contributed by atoms with Gasteiger partial charge < -0.3 is 4.90 Å². The molecule has 0 aliphatic carbocycles. The summed E-state index contributed by atoms with van der Waals surface area (Å²) >= 11 is 7.00. The van der Waals surface area contributed by atoms with Gasteiger partial charge in [-0.3, -0.25) is 4.79 Å². The first-order valence-corrected chi connectivity index (χ1v) is 10.6. The van der Waals surface area contributed by atoms with E-state index >= 15 is 0 Å². The largest absolute Gasteiger partial charge is 0.315 e. The van der Waals surface area contributed by atoms with Crippen LogP contribution < -0.4 is 4.90 Å². The highest BCUT2D eigenvalue weighted by atomic mass is 35.5. The molecule has 2 fully saturated rings. The maximum atomic E-state index is 13.8. The average molecular weight is 391 g/mol. The van der Waals surface area contributed by atoms with Crippen molar-refractivity contribution in [1.29, 1.82) is 0 Å². The molecule has 9 heteroatoms. The van der Waals surface area contributed by atoms with Gasteiger partial charge in [-0.1, -0.05) is 30.3 Å². The van der Waals surface area contributed by atoms with Crippen LogP contribution in [0.3, 0.4) is 0 Å². The van der Waals surface area contributed by atoms with Gasteiger partial charge in [-0.15, -0.1) is 0 Å². The minimum Gasteiger partial charge on any atom is -0.315 e. The van der Waals surface area contributed by atoms with E-state index in [1.165, 1.54) is 23.9 Å². The van der Waals surface area contributed by atoms with Gasteiger partial charge in [0, 0.05) is 17.4 Å². The molecule has 2 atom stereocenters. The fourth-order valence-corrected chi connectivity index (χ4v) is 6.93. The molecule has 0 aromatic heterocycles. The zero-order valence-electron chi connectivity index (χ0n) is 12.9. The standard InChI is InChI=1S/C15H16ClFN2O3S2/c1-2-3-14(20)18-15-19(9-4-5-10(16)11(17)6-9)12-7-24(21,22)8-13(12)23-15/h4-6,12-13H,2-3,7-8H2,1H3. The van der Waals surface area contributed by atoms with E-state index in [1.807, 2.05) is 6.92 Å². The van der Waals surface area contributed by atoms with E-state index in [4.69, 9.17) is 11.6 Å². The smallest absolute Gasteiger partial charge is 0.248 e. The first-order chi connectivity index (χ1) is 11.3. The number of fused-ring (bicyclic) bond motifs is 1. The molecule has 0 radical (unpaired) electrons. The van der Waals surface area contributed by atoms with Crippen LogP contribution in [0, 0.1) is 5.82 Å². The van der Waals surface area contributed by atoms with Crippen molar-refractivity contribution in [2.75, 3.05) is 16.4 Å². The lowest BCUT2D eigenvalue weighted by molar-refractivity contribution is -0.117. The molecule has 130 valence electrons. The molecule has 0 N–H and O–H groups in total. The van der Waals surface area contributed by atoms with Gasteiger partial charge in [-0.05, 0) is 24.6 Å². The summed E-state index contributed by atoms with van der Waals surface area (Å²) in [4.78, 5) is 17.7. The second-order valence-electron chi connectivity index (χ2n) is 5.81. The molecule has 24 heavy (non-hydrogen) atoms. The number of carbonyl (C=O) groups excluding carboxylic acids is 1. The van der Waals surface area contributed by atoms with Crippen LogP contribution in [0.2, 0.25) is 5.02 Å². The number of halogens is 2. The van der Waals surface area contributed by atoms with Gasteiger partial charge in [-0.2, -0.15) is 4.99 Å². The van der Waals surface area contributed by atoms with E-state index in [9.17, 15) is 17.6 Å². The quantitative estimate of drug-likeness (QED) is 0.793. The number of thioether (sulfide) groups is 1. The second-order valence-corrected chi connectivity index (χ2v) is 9.57. The highest BCUT2D eigenvalue weighted by Gasteiger charge is 2.49. The van der Waals surface area contributed by atoms with E-state index < -0.39 is 15.7 Å². The third-order valence-corrected chi connectivity index (χ3v) is 7.45. The molecule has 2 saturated heterocycles. The molecule has 0 saturated carbocycles. The number of hydrogen-bond donors (Lipinski definition) is 0. The van der Waals surface area contributed by atoms with Crippen LogP contribution in [0.1, 0.15) is 19.8 Å². The number of aliphatic imine (C=N–C) groups is 1. The Morgan fingerprint density at radius 2 is 2.21 bits per heavy atom. The topological polar surface area (TPSA) is 66.8 Å². The van der Waals surface area contributed by atoms with Crippen molar-refractivity contribution in [3.63, 3.8) is 0 Å². The Labute approximate surface area is 149 Å². The van der Waals surface area contributed by atoms with Crippen molar-refractivity contribution in [3.05, 3.63) is 29.0 Å². The maximum Gasteiger partial charge on any atom is 0.248 e. The van der Waals surface area contributed by atoms with E-state index in [0.29, 0.717) is 23.7 Å². The highest BCUT2D eigenvalue weighted by molar-refractivity contribution is 8.16. The molecule has 0 bridgehead atoms. The predicted octanol–water partition coefficient (Wildman–Crippen LogP) is 2.88. The van der Waals surface area contributed by atoms with Crippen LogP contribution in [-0.2, 0) is 14.6 Å². The van der Waals surface area contributed by atoms with Crippen molar-refractivity contribution in [3.8, 4) is 0 Å². The summed E-state index contributed by atoms with van der Waals surface area (Å²) in [7, 11) is -3.15. The SMILES string of the molecule is CCCC(=O)N=C1SC2CS(=O)(=O)CC2N1c1ccc(Cl)c(F)c1. The fourth-order valence-electron chi connectivity index (χ4n) is 2.88. The summed E-state index contributed by atoms with van der Waals surface area (Å²) in [6.45, 7) is 1.88. The van der Waals surface area contributed by atoms with E-state index in [-0.39, 0.29) is 33.7 Å². The highest BCUT2D eigenvalue weighted by Crippen LogP contribution is 2.41. The van der Waals surface area contributed by atoms with E-state index in [1.54, 1.807) is 11.0 Å². The second kappa shape index (κ2) is 6.65. The van der Waals surface area contributed by atoms with Crippen molar-refractivity contribution >= 4 is 50.0 Å². The molecule has 1 aromatic rings. The Balaban J connectivity index is 2.01. The molecule has 2 aliphatic rings. The molecule has 2 heterocycles. The number of anilines is 1. The monoisotopic (exact) mass is 390 g/mol. The van der Waals surface area contributed by atoms with Crippen LogP contribution in [0.5, 0.6) is 0 Å². The van der Waals surface area contributed by atoms with Crippen molar-refractivity contribution in [2.24, 2.45) is 4.99 Å². The van der Waals surface area contributed by atoms with Crippen LogP contribution >= 0.6 is 23.4 Å². The average Bonchev–Trinajstić information content (AvgIpc) is 2.93. The van der Waals surface area contributed by atoms with Gasteiger partial charge >= 0.3 is 0 Å². The van der Waals surface area contributed by atoms with E-state index in [0.717, 1.165) is 0 Å². The Bertz CT molecular complexity index is 813. The van der Waals surface area contributed by atoms with E-state index in [2.05, 4.69) is 4.99 Å². The van der Waals surface area contributed by atoms with Crippen molar-refractivity contribution in [2.45, 2.75) is 31.1 Å². The Kier molecular flexibility index (Phi) is 4.90. The first-order valence-electron chi connectivity index (χ1n) is 7.53. The van der Waals surface area contributed by atoms with Gasteiger partial charge in [0.2, 0.25) is 5.91 Å². The molecule has 5 nitrogen and oxygen atoms in total. The minimum atomic E-state index is -3.15. The Hall–Kier alpha value is -1.12. The van der Waals surface area contributed by atoms with Gasteiger partial charge in [0.15, 0.2) is 15.0 Å². The zero-order valence-corrected chi connectivity index (χ0v) is 15.3. The number of amidine groups is 1. The number of benzene rings is 1. The molecule has 0 spiro atoms. The van der Waals surface area contributed by atoms with Crippen LogP contribution in [-0.4, -0.2) is 42.3 Å². The van der Waals surface area contributed by atoms with Gasteiger partial charge in [-0.25, -0.2) is 12.8 Å². The number of amides is 1. The predicted molar refractivity (Wildman–Crippen MR) is 95.1 cm³/mol. The number of rotatable bonds is 3. The van der Waals surface area contributed by atoms with Crippen LogP contribution in [0.4, 0.5) is 10.1 Å². The lowest BCUT2D eigenvalue weighted by Crippen LogP contribution is -2.37. The van der Waals surface area contributed by atoms with Crippen molar-refractivity contribution in [1.82, 2.24) is 0 Å². The summed E-state index contributed by atoms with van der Waals surface area (Å²) < 4.78 is 37.7. The third kappa shape index (κ3) is 3.45. The molecule has 3 rings (SSSR count). The summed E-state index contributed by atoms with van der Waals surface area (Å²) in [5.41, 5.74) is 0.456. The van der Waals surface area contributed by atoms with Gasteiger partial charge in [0.25, 0.3) is 0 Å². The minimum absolute atomic E-state index is 0.0123. The Morgan fingerprint density at radius 3 is 2.88 bits per heavy atom. The zero-order chi connectivity index (χ0) is 17.5. The normalized spacial score (nSPS) is 26.8. The van der Waals surface area contributed by atoms with Gasteiger partial charge in [0.05, 0.1) is 22.6 Å². The molecule has 2 aliphatic heterocycles. The third-order valence-electron chi connectivity index (χ3n) is 3.93. The van der Waals surface area contributed by atoms with Crippen molar-refractivity contribution < 1.29 is 17.6 Å². The van der Waals surface area contributed by atoms with Crippen LogP contribution in [0.25, 0.3) is 0 Å².